The molecule has 6 heteroatoms. The minimum Gasteiger partial charge on any atom is -0.329 e. The predicted molar refractivity (Wildman–Crippen MR) is 80.2 cm³/mol. The van der Waals surface area contributed by atoms with Crippen LogP contribution in [0.4, 0.5) is 0 Å². The second kappa shape index (κ2) is 4.86. The molecule has 0 fully saturated rings. The van der Waals surface area contributed by atoms with Crippen LogP contribution in [0.25, 0.3) is 11.2 Å². The summed E-state index contributed by atoms with van der Waals surface area (Å²) in [6.45, 7) is 4.84. The van der Waals surface area contributed by atoms with Crippen molar-refractivity contribution in [3.8, 4) is 0 Å². The van der Waals surface area contributed by atoms with E-state index in [1.165, 1.54) is 4.88 Å². The molecule has 0 aromatic carbocycles. The molecular formula is C13H14N4S2. The Labute approximate surface area is 120 Å². The second-order valence-corrected chi connectivity index (χ2v) is 6.06. The van der Waals surface area contributed by atoms with Gasteiger partial charge >= 0.3 is 0 Å². The monoisotopic (exact) mass is 290 g/mol. The van der Waals surface area contributed by atoms with Gasteiger partial charge in [0.1, 0.15) is 5.01 Å². The number of nitrogens with zero attached hydrogens (tertiary/aromatic N) is 3. The Balaban J connectivity index is 2.05. The largest absolute Gasteiger partial charge is 0.329 e. The number of H-pyrrole nitrogens is 1. The van der Waals surface area contributed by atoms with E-state index in [0.717, 1.165) is 28.2 Å². The average Bonchev–Trinajstić information content (AvgIpc) is 2.95. The topological polar surface area (TPSA) is 46.5 Å². The van der Waals surface area contributed by atoms with Crippen LogP contribution in [0.5, 0.6) is 0 Å². The van der Waals surface area contributed by atoms with Crippen LogP contribution in [0.1, 0.15) is 22.4 Å². The van der Waals surface area contributed by atoms with Crippen molar-refractivity contribution in [3.05, 3.63) is 38.7 Å². The van der Waals surface area contributed by atoms with Gasteiger partial charge in [0, 0.05) is 17.3 Å². The average molecular weight is 290 g/mol. The van der Waals surface area contributed by atoms with Crippen molar-refractivity contribution in [3.63, 3.8) is 0 Å². The standard InChI is InChI=1S/C13H14N4S2/c1-3-9-6-14-11(19-9)7-17-12-10(16-13(17)18)4-8(2)5-15-12/h4-6H,3,7H2,1-2H3,(H,16,18). The van der Waals surface area contributed by atoms with Gasteiger partial charge in [0.15, 0.2) is 10.4 Å². The quantitative estimate of drug-likeness (QED) is 0.751. The van der Waals surface area contributed by atoms with Crippen LogP contribution < -0.4 is 0 Å². The Hall–Kier alpha value is -1.53. The van der Waals surface area contributed by atoms with Crippen molar-refractivity contribution in [1.82, 2.24) is 19.5 Å². The fourth-order valence-electron chi connectivity index (χ4n) is 2.01. The molecule has 0 bridgehead atoms. The number of aryl methyl sites for hydroxylation is 2. The van der Waals surface area contributed by atoms with Crippen molar-refractivity contribution in [2.75, 3.05) is 0 Å². The van der Waals surface area contributed by atoms with Crippen LogP contribution >= 0.6 is 23.6 Å². The Morgan fingerprint density at radius 2 is 2.21 bits per heavy atom. The SMILES string of the molecule is CCc1cnc(Cn2c(=S)[nH]c3cc(C)cnc32)s1. The molecule has 98 valence electrons. The molecule has 0 aliphatic rings. The first-order chi connectivity index (χ1) is 9.17. The first-order valence-corrected chi connectivity index (χ1v) is 7.38. The zero-order valence-corrected chi connectivity index (χ0v) is 12.4. The van der Waals surface area contributed by atoms with E-state index in [4.69, 9.17) is 12.2 Å². The van der Waals surface area contributed by atoms with Gasteiger partial charge in [0.05, 0.1) is 12.1 Å². The highest BCUT2D eigenvalue weighted by atomic mass is 32.1. The van der Waals surface area contributed by atoms with Crippen molar-refractivity contribution >= 4 is 34.7 Å². The minimum absolute atomic E-state index is 0.680. The summed E-state index contributed by atoms with van der Waals surface area (Å²) < 4.78 is 2.70. The summed E-state index contributed by atoms with van der Waals surface area (Å²) in [4.78, 5) is 13.4. The molecule has 0 saturated heterocycles. The minimum atomic E-state index is 0.680. The van der Waals surface area contributed by atoms with E-state index in [0.29, 0.717) is 11.3 Å². The number of hydrogen-bond donors (Lipinski definition) is 1. The van der Waals surface area contributed by atoms with Gasteiger partial charge in [-0.15, -0.1) is 11.3 Å². The summed E-state index contributed by atoms with van der Waals surface area (Å²) in [5, 5.41) is 1.07. The van der Waals surface area contributed by atoms with Crippen molar-refractivity contribution < 1.29 is 0 Å². The first kappa shape index (κ1) is 12.5. The molecule has 3 aromatic rings. The van der Waals surface area contributed by atoms with E-state index < -0.39 is 0 Å². The highest BCUT2D eigenvalue weighted by Crippen LogP contribution is 2.18. The summed E-state index contributed by atoms with van der Waals surface area (Å²) in [5.74, 6) is 0. The molecule has 0 atom stereocenters. The smallest absolute Gasteiger partial charge is 0.179 e. The maximum Gasteiger partial charge on any atom is 0.179 e. The van der Waals surface area contributed by atoms with Crippen LogP contribution in [0.15, 0.2) is 18.5 Å². The lowest BCUT2D eigenvalue weighted by atomic mass is 10.3. The number of pyridine rings is 1. The molecule has 0 spiro atoms. The number of imidazole rings is 1. The lowest BCUT2D eigenvalue weighted by Gasteiger charge is -2.00. The number of aromatic nitrogens is 4. The highest BCUT2D eigenvalue weighted by molar-refractivity contribution is 7.71. The third-order valence-corrected chi connectivity index (χ3v) is 4.44. The fourth-order valence-corrected chi connectivity index (χ4v) is 3.13. The van der Waals surface area contributed by atoms with Gasteiger partial charge in [-0.3, -0.25) is 4.57 Å². The third-order valence-electron chi connectivity index (χ3n) is 2.99. The Morgan fingerprint density at radius 3 is 2.95 bits per heavy atom. The number of hydrogen-bond acceptors (Lipinski definition) is 4. The summed E-state index contributed by atoms with van der Waals surface area (Å²) in [6, 6.07) is 2.06. The zero-order valence-electron chi connectivity index (χ0n) is 10.8. The number of nitrogens with one attached hydrogen (secondary N) is 1. The molecule has 19 heavy (non-hydrogen) atoms. The van der Waals surface area contributed by atoms with E-state index in [1.54, 1.807) is 11.3 Å². The van der Waals surface area contributed by atoms with Gasteiger partial charge < -0.3 is 4.98 Å². The first-order valence-electron chi connectivity index (χ1n) is 6.16. The second-order valence-electron chi connectivity index (χ2n) is 4.47. The Kier molecular flexibility index (Phi) is 3.20. The fraction of sp³-hybridized carbons (Fsp3) is 0.308. The van der Waals surface area contributed by atoms with Gasteiger partial charge in [-0.2, -0.15) is 0 Å². The normalized spacial score (nSPS) is 11.3. The van der Waals surface area contributed by atoms with Gasteiger partial charge in [0.25, 0.3) is 0 Å². The maximum absolute atomic E-state index is 5.37. The molecule has 3 heterocycles. The van der Waals surface area contributed by atoms with Crippen LogP contribution in [0.2, 0.25) is 0 Å². The molecule has 0 unspecified atom stereocenters. The highest BCUT2D eigenvalue weighted by Gasteiger charge is 2.08. The summed E-state index contributed by atoms with van der Waals surface area (Å²) in [6.07, 6.45) is 4.82. The zero-order chi connectivity index (χ0) is 13.4. The van der Waals surface area contributed by atoms with Crippen molar-refractivity contribution in [2.24, 2.45) is 0 Å². The van der Waals surface area contributed by atoms with Gasteiger partial charge in [-0.25, -0.2) is 9.97 Å². The summed E-state index contributed by atoms with van der Waals surface area (Å²) in [7, 11) is 0. The third kappa shape index (κ3) is 2.33. The van der Waals surface area contributed by atoms with Crippen LogP contribution in [-0.4, -0.2) is 19.5 Å². The lowest BCUT2D eigenvalue weighted by molar-refractivity contribution is 0.793. The van der Waals surface area contributed by atoms with Gasteiger partial charge in [-0.1, -0.05) is 6.92 Å². The molecule has 0 aliphatic heterocycles. The van der Waals surface area contributed by atoms with Crippen LogP contribution in [-0.2, 0) is 13.0 Å². The van der Waals surface area contributed by atoms with Crippen molar-refractivity contribution in [2.45, 2.75) is 26.8 Å². The Morgan fingerprint density at radius 1 is 1.37 bits per heavy atom. The number of fused-ring (bicyclic) bond motifs is 1. The Bertz CT molecular complexity index is 781. The van der Waals surface area contributed by atoms with E-state index >= 15 is 0 Å². The lowest BCUT2D eigenvalue weighted by Crippen LogP contribution is -2.00. The molecule has 0 amide bonds. The molecule has 1 N–H and O–H groups in total. The van der Waals surface area contributed by atoms with E-state index in [1.807, 2.05) is 23.9 Å². The molecular weight excluding hydrogens is 276 g/mol. The predicted octanol–water partition coefficient (Wildman–Crippen LogP) is 3.47. The van der Waals surface area contributed by atoms with E-state index in [9.17, 15) is 0 Å². The summed E-state index contributed by atoms with van der Waals surface area (Å²) >= 11 is 7.11. The van der Waals surface area contributed by atoms with Gasteiger partial charge in [0.2, 0.25) is 0 Å². The van der Waals surface area contributed by atoms with Crippen LogP contribution in [0.3, 0.4) is 0 Å². The van der Waals surface area contributed by atoms with Crippen LogP contribution in [0, 0.1) is 11.7 Å². The molecule has 0 radical (unpaired) electrons. The molecule has 3 aromatic heterocycles. The molecule has 0 saturated carbocycles. The van der Waals surface area contributed by atoms with E-state index in [2.05, 4.69) is 27.9 Å². The molecule has 4 nitrogen and oxygen atoms in total. The van der Waals surface area contributed by atoms with Gasteiger partial charge in [-0.05, 0) is 37.2 Å². The number of thiazole rings is 1. The number of rotatable bonds is 3. The number of aromatic amines is 1. The summed E-state index contributed by atoms with van der Waals surface area (Å²) in [5.41, 5.74) is 3.00. The van der Waals surface area contributed by atoms with E-state index in [-0.39, 0.29) is 0 Å². The molecule has 3 rings (SSSR count). The maximum atomic E-state index is 5.37. The molecule has 0 aliphatic carbocycles. The van der Waals surface area contributed by atoms with Crippen molar-refractivity contribution in [1.29, 1.82) is 0 Å².